The summed E-state index contributed by atoms with van der Waals surface area (Å²) < 4.78 is 68.8. The van der Waals surface area contributed by atoms with Gasteiger partial charge >= 0.3 is 39.5 Å². The molecule has 0 aliphatic carbocycles. The van der Waals surface area contributed by atoms with E-state index in [2.05, 4.69) is 41.5 Å². The number of hydrogen-bond acceptors (Lipinski definition) is 15. The second-order valence-corrected chi connectivity index (χ2v) is 34.6. The predicted molar refractivity (Wildman–Crippen MR) is 432 cm³/mol. The fourth-order valence-corrected chi connectivity index (χ4v) is 15.0. The standard InChI is InChI=1S/C86H168O17P2/c1-7-10-12-14-16-18-19-20-21-22-23-27-30-33-39-45-51-57-63-69-84(89)97-75-82(103-85(90)70-64-58-52-46-40-34-31-28-25-24-26-29-32-38-44-49-55-61-67-79(6)9-3)77-101-105(94,95)99-73-80(87)72-98-104(92,93)100-76-81(74-96-83(88)68-62-56-50-42-17-15-13-11-8-2)102-86(91)71-65-59-53-47-41-36-35-37-43-48-54-60-66-78(4)5/h78-82,87H,7-77H2,1-6H3,(H,92,93)(H,94,95)/t79?,80-,81+,82+/m0/s1. The highest BCUT2D eigenvalue weighted by atomic mass is 31.2. The first-order valence-electron chi connectivity index (χ1n) is 44.5. The summed E-state index contributed by atoms with van der Waals surface area (Å²) in [4.78, 5) is 73.1. The lowest BCUT2D eigenvalue weighted by atomic mass is 9.99. The lowest BCUT2D eigenvalue weighted by Gasteiger charge is -2.21. The number of aliphatic hydroxyl groups is 1. The monoisotopic (exact) mass is 1540 g/mol. The number of phosphoric ester groups is 2. The zero-order valence-corrected chi connectivity index (χ0v) is 70.8. The van der Waals surface area contributed by atoms with Crippen molar-refractivity contribution in [3.8, 4) is 0 Å². The highest BCUT2D eigenvalue weighted by Crippen LogP contribution is 2.45. The Morgan fingerprint density at radius 2 is 0.486 bits per heavy atom. The Balaban J connectivity index is 5.20. The van der Waals surface area contributed by atoms with Gasteiger partial charge in [0, 0.05) is 25.7 Å². The molecule has 0 saturated carbocycles. The smallest absolute Gasteiger partial charge is 0.462 e. The summed E-state index contributed by atoms with van der Waals surface area (Å²) in [6, 6.07) is 0. The molecule has 0 spiro atoms. The van der Waals surface area contributed by atoms with Crippen LogP contribution in [0.1, 0.15) is 459 Å². The van der Waals surface area contributed by atoms with Crippen LogP contribution in [0.25, 0.3) is 0 Å². The molecule has 0 heterocycles. The van der Waals surface area contributed by atoms with Gasteiger partial charge in [0.05, 0.1) is 26.4 Å². The van der Waals surface area contributed by atoms with Gasteiger partial charge in [-0.1, -0.05) is 408 Å². The third kappa shape index (κ3) is 78.5. The zero-order valence-electron chi connectivity index (χ0n) is 69.0. The van der Waals surface area contributed by atoms with Crippen molar-refractivity contribution < 1.29 is 80.2 Å². The van der Waals surface area contributed by atoms with Gasteiger partial charge in [-0.2, -0.15) is 0 Å². The third-order valence-electron chi connectivity index (χ3n) is 20.6. The Kier molecular flexibility index (Phi) is 76.0. The van der Waals surface area contributed by atoms with Crippen molar-refractivity contribution in [3.05, 3.63) is 0 Å². The summed E-state index contributed by atoms with van der Waals surface area (Å²) in [5.41, 5.74) is 0. The van der Waals surface area contributed by atoms with Gasteiger partial charge in [-0.15, -0.1) is 0 Å². The third-order valence-corrected chi connectivity index (χ3v) is 22.5. The highest BCUT2D eigenvalue weighted by Gasteiger charge is 2.30. The molecule has 19 heteroatoms. The minimum Gasteiger partial charge on any atom is -0.462 e. The van der Waals surface area contributed by atoms with E-state index in [1.165, 1.54) is 276 Å². The second kappa shape index (κ2) is 77.4. The number of rotatable bonds is 85. The maximum absolute atomic E-state index is 13.1. The van der Waals surface area contributed by atoms with Crippen LogP contribution in [0.3, 0.4) is 0 Å². The van der Waals surface area contributed by atoms with Crippen molar-refractivity contribution >= 4 is 39.5 Å². The van der Waals surface area contributed by atoms with E-state index in [4.69, 9.17) is 37.0 Å². The van der Waals surface area contributed by atoms with Crippen LogP contribution >= 0.6 is 15.6 Å². The summed E-state index contributed by atoms with van der Waals surface area (Å²) in [7, 11) is -9.92. The molecule has 0 amide bonds. The summed E-state index contributed by atoms with van der Waals surface area (Å²) in [5.74, 6) is -0.456. The van der Waals surface area contributed by atoms with E-state index < -0.39 is 97.5 Å². The van der Waals surface area contributed by atoms with Crippen molar-refractivity contribution in [1.82, 2.24) is 0 Å². The van der Waals surface area contributed by atoms with Crippen molar-refractivity contribution in [2.75, 3.05) is 39.6 Å². The van der Waals surface area contributed by atoms with Gasteiger partial charge in [-0.05, 0) is 37.5 Å². The Morgan fingerprint density at radius 1 is 0.276 bits per heavy atom. The molecule has 0 aromatic carbocycles. The molecule has 624 valence electrons. The van der Waals surface area contributed by atoms with Crippen molar-refractivity contribution in [3.63, 3.8) is 0 Å². The van der Waals surface area contributed by atoms with Crippen LogP contribution in [0.5, 0.6) is 0 Å². The molecule has 0 fully saturated rings. The molecule has 105 heavy (non-hydrogen) atoms. The van der Waals surface area contributed by atoms with Gasteiger partial charge in [0.15, 0.2) is 12.2 Å². The first kappa shape index (κ1) is 103. The molecule has 0 aliphatic heterocycles. The highest BCUT2D eigenvalue weighted by molar-refractivity contribution is 7.47. The second-order valence-electron chi connectivity index (χ2n) is 31.6. The molecular formula is C86H168O17P2. The molecule has 0 rings (SSSR count). The Morgan fingerprint density at radius 3 is 0.724 bits per heavy atom. The summed E-state index contributed by atoms with van der Waals surface area (Å²) in [6.07, 6.45) is 69.5. The number of esters is 4. The van der Waals surface area contributed by atoms with Gasteiger partial charge in [-0.25, -0.2) is 9.13 Å². The van der Waals surface area contributed by atoms with Crippen LogP contribution in [0.4, 0.5) is 0 Å². The van der Waals surface area contributed by atoms with E-state index >= 15 is 0 Å². The lowest BCUT2D eigenvalue weighted by molar-refractivity contribution is -0.161. The van der Waals surface area contributed by atoms with E-state index in [0.29, 0.717) is 25.7 Å². The van der Waals surface area contributed by atoms with Crippen LogP contribution in [0.15, 0.2) is 0 Å². The molecule has 0 aromatic rings. The predicted octanol–water partition coefficient (Wildman–Crippen LogP) is 26.2. The van der Waals surface area contributed by atoms with Crippen molar-refractivity contribution in [2.24, 2.45) is 11.8 Å². The number of ether oxygens (including phenoxy) is 4. The first-order valence-corrected chi connectivity index (χ1v) is 47.5. The molecule has 0 bridgehead atoms. The van der Waals surface area contributed by atoms with Crippen LogP contribution in [-0.4, -0.2) is 96.7 Å². The van der Waals surface area contributed by atoms with E-state index in [1.807, 2.05) is 0 Å². The quantitative estimate of drug-likeness (QED) is 0.0222. The maximum Gasteiger partial charge on any atom is 0.472 e. The Bertz CT molecular complexity index is 2010. The zero-order chi connectivity index (χ0) is 77.1. The normalized spacial score (nSPS) is 14.1. The van der Waals surface area contributed by atoms with Crippen molar-refractivity contribution in [2.45, 2.75) is 477 Å². The largest absolute Gasteiger partial charge is 0.472 e. The van der Waals surface area contributed by atoms with Gasteiger partial charge < -0.3 is 33.8 Å². The van der Waals surface area contributed by atoms with Crippen molar-refractivity contribution in [1.29, 1.82) is 0 Å². The molecule has 0 saturated heterocycles. The average Bonchev–Trinajstić information content (AvgIpc) is 0.915. The van der Waals surface area contributed by atoms with E-state index in [1.54, 1.807) is 0 Å². The number of unbranched alkanes of at least 4 members (excludes halogenated alkanes) is 54. The fraction of sp³-hybridized carbons (Fsp3) is 0.953. The van der Waals surface area contributed by atoms with E-state index in [-0.39, 0.29) is 25.7 Å². The molecule has 3 N–H and O–H groups in total. The summed E-state index contributed by atoms with van der Waals surface area (Å²) in [6.45, 7) is 9.73. The van der Waals surface area contributed by atoms with Crippen LogP contribution in [0.2, 0.25) is 0 Å². The molecular weight excluding hydrogens is 1370 g/mol. The Labute approximate surface area is 645 Å². The molecule has 0 aliphatic rings. The van der Waals surface area contributed by atoms with E-state index in [0.717, 1.165) is 102 Å². The number of hydrogen-bond donors (Lipinski definition) is 3. The maximum atomic E-state index is 13.1. The average molecular weight is 1540 g/mol. The SMILES string of the molecule is CCCCCCCCCCCCCCCCCCCCCC(=O)OC[C@H](COP(=O)(O)OC[C@@H](O)COP(=O)(O)OC[C@@H](COC(=O)CCCCCCCCCCC)OC(=O)CCCCCCCCCCCCCCC(C)C)OC(=O)CCCCCCCCCCCCCCCCCCCCC(C)CC. The Hall–Kier alpha value is -1.94. The minimum atomic E-state index is -4.97. The summed E-state index contributed by atoms with van der Waals surface area (Å²) in [5, 5.41) is 10.7. The molecule has 17 nitrogen and oxygen atoms in total. The van der Waals surface area contributed by atoms with Gasteiger partial charge in [0.25, 0.3) is 0 Å². The number of carbonyl (C=O) groups excluding carboxylic acids is 4. The molecule has 3 unspecified atom stereocenters. The molecule has 6 atom stereocenters. The molecule has 0 aromatic heterocycles. The van der Waals surface area contributed by atoms with Gasteiger partial charge in [0.1, 0.15) is 19.3 Å². The van der Waals surface area contributed by atoms with Gasteiger partial charge in [0.2, 0.25) is 0 Å². The first-order chi connectivity index (χ1) is 50.9. The van der Waals surface area contributed by atoms with Crippen LogP contribution < -0.4 is 0 Å². The summed E-state index contributed by atoms with van der Waals surface area (Å²) >= 11 is 0. The number of aliphatic hydroxyl groups excluding tert-OH is 1. The number of phosphoric acid groups is 2. The lowest BCUT2D eigenvalue weighted by Crippen LogP contribution is -2.30. The van der Waals surface area contributed by atoms with Gasteiger partial charge in [-0.3, -0.25) is 37.3 Å². The van der Waals surface area contributed by atoms with Crippen LogP contribution in [0, 0.1) is 11.8 Å². The molecule has 0 radical (unpaired) electrons. The number of carbonyl (C=O) groups is 4. The minimum absolute atomic E-state index is 0.107. The topological polar surface area (TPSA) is 237 Å². The van der Waals surface area contributed by atoms with Crippen LogP contribution in [-0.2, 0) is 65.4 Å². The fourth-order valence-electron chi connectivity index (χ4n) is 13.4. The van der Waals surface area contributed by atoms with E-state index in [9.17, 15) is 43.2 Å².